The van der Waals surface area contributed by atoms with Crippen LogP contribution in [0.3, 0.4) is 0 Å². The molecule has 142 valence electrons. The molecule has 1 saturated heterocycles. The first-order valence-electron chi connectivity index (χ1n) is 10.2. The van der Waals surface area contributed by atoms with Crippen molar-refractivity contribution in [3.8, 4) is 5.75 Å². The molecule has 1 atom stereocenters. The molecule has 2 fully saturated rings. The maximum atomic E-state index is 12.2. The molecule has 27 heavy (non-hydrogen) atoms. The number of benzene rings is 2. The molecule has 1 saturated carbocycles. The Morgan fingerprint density at radius 1 is 0.963 bits per heavy atom. The van der Waals surface area contributed by atoms with Crippen LogP contribution in [-0.2, 0) is 0 Å². The molecule has 1 unspecified atom stereocenters. The first kappa shape index (κ1) is 18.2. The van der Waals surface area contributed by atoms with Crippen molar-refractivity contribution < 1.29 is 9.53 Å². The minimum atomic E-state index is -0.0805. The van der Waals surface area contributed by atoms with Crippen LogP contribution in [0, 0.1) is 18.8 Å². The van der Waals surface area contributed by atoms with Crippen molar-refractivity contribution in [2.75, 3.05) is 13.1 Å². The number of ketones is 1. The van der Waals surface area contributed by atoms with E-state index in [2.05, 4.69) is 43.0 Å². The van der Waals surface area contributed by atoms with Gasteiger partial charge in [0.05, 0.1) is 0 Å². The number of carbonyl (C=O) groups excluding carboxylic acids is 1. The Hall–Kier alpha value is -2.13. The molecule has 0 aromatic heterocycles. The molecule has 1 aliphatic carbocycles. The number of piperidine rings is 1. The third-order valence-electron chi connectivity index (χ3n) is 5.85. The van der Waals surface area contributed by atoms with Crippen LogP contribution in [0.25, 0.3) is 0 Å². The van der Waals surface area contributed by atoms with Crippen LogP contribution in [0.15, 0.2) is 48.5 Å². The van der Waals surface area contributed by atoms with E-state index < -0.39 is 0 Å². The number of aryl methyl sites for hydroxylation is 1. The monoisotopic (exact) mass is 363 g/mol. The summed E-state index contributed by atoms with van der Waals surface area (Å²) in [7, 11) is 0. The number of nitrogens with zero attached hydrogens (tertiary/aromatic N) is 1. The number of likely N-dealkylation sites (tertiary alicyclic amines) is 1. The van der Waals surface area contributed by atoms with Crippen molar-refractivity contribution >= 4 is 5.78 Å². The van der Waals surface area contributed by atoms with Crippen LogP contribution in [0.5, 0.6) is 5.75 Å². The zero-order chi connectivity index (χ0) is 18.8. The van der Waals surface area contributed by atoms with E-state index in [0.717, 1.165) is 43.2 Å². The molecule has 0 amide bonds. The Balaban J connectivity index is 1.53. The standard InChI is InChI=1S/C24H29NO2/c1-17-3-5-21(6-4-17)24(25-15-13-18(2)14-16-25)27-22-11-9-20(10-12-22)23(26)19-7-8-19/h3-6,9-12,18-19,24H,7-8,13-16H2,1-2H3. The van der Waals surface area contributed by atoms with Gasteiger partial charge < -0.3 is 4.74 Å². The minimum absolute atomic E-state index is 0.0805. The molecule has 0 N–H and O–H groups in total. The summed E-state index contributed by atoms with van der Waals surface area (Å²) in [6.07, 6.45) is 4.42. The SMILES string of the molecule is Cc1ccc(C(Oc2ccc(C(=O)C3CC3)cc2)N2CCC(C)CC2)cc1. The van der Waals surface area contributed by atoms with Crippen molar-refractivity contribution in [3.63, 3.8) is 0 Å². The lowest BCUT2D eigenvalue weighted by Gasteiger charge is -2.36. The van der Waals surface area contributed by atoms with Crippen LogP contribution < -0.4 is 4.74 Å². The van der Waals surface area contributed by atoms with E-state index in [1.54, 1.807) is 0 Å². The zero-order valence-electron chi connectivity index (χ0n) is 16.4. The smallest absolute Gasteiger partial charge is 0.178 e. The molecule has 0 bridgehead atoms. The van der Waals surface area contributed by atoms with E-state index >= 15 is 0 Å². The Kier molecular flexibility index (Phi) is 5.31. The third-order valence-corrected chi connectivity index (χ3v) is 5.85. The topological polar surface area (TPSA) is 29.5 Å². The van der Waals surface area contributed by atoms with E-state index in [0.29, 0.717) is 0 Å². The highest BCUT2D eigenvalue weighted by Crippen LogP contribution is 2.34. The normalized spacial score (nSPS) is 19.6. The summed E-state index contributed by atoms with van der Waals surface area (Å²) in [6, 6.07) is 16.4. The second kappa shape index (κ2) is 7.85. The molecular formula is C24H29NO2. The fourth-order valence-corrected chi connectivity index (χ4v) is 3.76. The molecular weight excluding hydrogens is 334 g/mol. The fraction of sp³-hybridized carbons (Fsp3) is 0.458. The second-order valence-electron chi connectivity index (χ2n) is 8.26. The number of hydrogen-bond donors (Lipinski definition) is 0. The lowest BCUT2D eigenvalue weighted by molar-refractivity contribution is 0.00186. The number of carbonyl (C=O) groups is 1. The van der Waals surface area contributed by atoms with Crippen molar-refractivity contribution in [2.45, 2.75) is 45.8 Å². The van der Waals surface area contributed by atoms with E-state index in [9.17, 15) is 4.79 Å². The van der Waals surface area contributed by atoms with Crippen LogP contribution in [-0.4, -0.2) is 23.8 Å². The molecule has 1 heterocycles. The van der Waals surface area contributed by atoms with Crippen LogP contribution in [0.4, 0.5) is 0 Å². The summed E-state index contributed by atoms with van der Waals surface area (Å²) in [5.41, 5.74) is 3.25. The van der Waals surface area contributed by atoms with Gasteiger partial charge in [0.15, 0.2) is 12.0 Å². The molecule has 3 heteroatoms. The van der Waals surface area contributed by atoms with Gasteiger partial charge in [-0.3, -0.25) is 9.69 Å². The molecule has 0 radical (unpaired) electrons. The van der Waals surface area contributed by atoms with Gasteiger partial charge in [-0.05, 0) is 62.8 Å². The van der Waals surface area contributed by atoms with Crippen molar-refractivity contribution in [3.05, 3.63) is 65.2 Å². The van der Waals surface area contributed by atoms with Crippen LogP contribution in [0.2, 0.25) is 0 Å². The lowest BCUT2D eigenvalue weighted by Crippen LogP contribution is -2.38. The van der Waals surface area contributed by atoms with Crippen LogP contribution in [0.1, 0.15) is 60.3 Å². The first-order valence-corrected chi connectivity index (χ1v) is 10.2. The quantitative estimate of drug-likeness (QED) is 0.644. The predicted molar refractivity (Wildman–Crippen MR) is 108 cm³/mol. The van der Waals surface area contributed by atoms with Crippen molar-refractivity contribution in [1.29, 1.82) is 0 Å². The van der Waals surface area contributed by atoms with Gasteiger partial charge in [-0.25, -0.2) is 0 Å². The highest BCUT2D eigenvalue weighted by atomic mass is 16.5. The Bertz CT molecular complexity index is 769. The van der Waals surface area contributed by atoms with Gasteiger partial charge in [0.25, 0.3) is 0 Å². The van der Waals surface area contributed by atoms with E-state index in [1.165, 1.54) is 24.0 Å². The summed E-state index contributed by atoms with van der Waals surface area (Å²) in [6.45, 7) is 6.54. The molecule has 2 aromatic carbocycles. The third kappa shape index (κ3) is 4.41. The largest absolute Gasteiger partial charge is 0.471 e. The summed E-state index contributed by atoms with van der Waals surface area (Å²) >= 11 is 0. The van der Waals surface area contributed by atoms with Gasteiger partial charge in [0.2, 0.25) is 0 Å². The highest BCUT2D eigenvalue weighted by molar-refractivity contribution is 5.99. The van der Waals surface area contributed by atoms with E-state index in [-0.39, 0.29) is 17.9 Å². The molecule has 3 nitrogen and oxygen atoms in total. The van der Waals surface area contributed by atoms with Gasteiger partial charge in [-0.1, -0.05) is 36.8 Å². The van der Waals surface area contributed by atoms with Crippen LogP contribution >= 0.6 is 0 Å². The lowest BCUT2D eigenvalue weighted by atomic mass is 9.98. The molecule has 4 rings (SSSR count). The summed E-state index contributed by atoms with van der Waals surface area (Å²) in [5, 5.41) is 0. The minimum Gasteiger partial charge on any atom is -0.471 e. The maximum Gasteiger partial charge on any atom is 0.178 e. The van der Waals surface area contributed by atoms with E-state index in [4.69, 9.17) is 4.74 Å². The van der Waals surface area contributed by atoms with Gasteiger partial charge in [0, 0.05) is 30.1 Å². The summed E-state index contributed by atoms with van der Waals surface area (Å²) < 4.78 is 6.44. The molecule has 2 aromatic rings. The zero-order valence-corrected chi connectivity index (χ0v) is 16.4. The Labute approximate surface area is 162 Å². The Morgan fingerprint density at radius 2 is 1.59 bits per heavy atom. The first-order chi connectivity index (χ1) is 13.1. The Morgan fingerprint density at radius 3 is 2.19 bits per heavy atom. The predicted octanol–water partition coefficient (Wildman–Crippen LogP) is 5.40. The summed E-state index contributed by atoms with van der Waals surface area (Å²) in [4.78, 5) is 14.7. The molecule has 2 aliphatic rings. The number of ether oxygens (including phenoxy) is 1. The average Bonchev–Trinajstić information content (AvgIpc) is 3.53. The van der Waals surface area contributed by atoms with Gasteiger partial charge in [-0.2, -0.15) is 0 Å². The number of rotatable bonds is 6. The number of Topliss-reactive ketones (excluding diaryl/α,β-unsaturated/α-hetero) is 1. The van der Waals surface area contributed by atoms with Crippen molar-refractivity contribution in [2.24, 2.45) is 11.8 Å². The number of hydrogen-bond acceptors (Lipinski definition) is 3. The van der Waals surface area contributed by atoms with Gasteiger partial charge in [0.1, 0.15) is 5.75 Å². The molecule has 0 spiro atoms. The average molecular weight is 364 g/mol. The highest BCUT2D eigenvalue weighted by Gasteiger charge is 2.30. The van der Waals surface area contributed by atoms with Crippen molar-refractivity contribution in [1.82, 2.24) is 4.90 Å². The molecule has 1 aliphatic heterocycles. The maximum absolute atomic E-state index is 12.2. The summed E-state index contributed by atoms with van der Waals surface area (Å²) in [5.74, 6) is 2.15. The fourth-order valence-electron chi connectivity index (χ4n) is 3.76. The van der Waals surface area contributed by atoms with Gasteiger partial charge in [-0.15, -0.1) is 0 Å². The van der Waals surface area contributed by atoms with E-state index in [1.807, 2.05) is 24.3 Å². The van der Waals surface area contributed by atoms with Gasteiger partial charge >= 0.3 is 0 Å². The second-order valence-corrected chi connectivity index (χ2v) is 8.26.